The molecule has 0 aliphatic heterocycles. The molecule has 3 N–H and O–H groups in total. The molecule has 0 amide bonds. The predicted molar refractivity (Wildman–Crippen MR) is 81.2 cm³/mol. The molecule has 3 nitrogen and oxygen atoms in total. The maximum absolute atomic E-state index is 5.88. The molecule has 0 aromatic heterocycles. The van der Waals surface area contributed by atoms with Crippen LogP contribution in [0.25, 0.3) is 0 Å². The molecule has 0 spiro atoms. The Bertz CT molecular complexity index is 547. The van der Waals surface area contributed by atoms with Gasteiger partial charge >= 0.3 is 0 Å². The average molecular weight is 253 g/mol. The van der Waals surface area contributed by atoms with Crippen molar-refractivity contribution in [2.45, 2.75) is 19.9 Å². The molecule has 98 valence electrons. The Morgan fingerprint density at radius 1 is 1.05 bits per heavy atom. The third-order valence-corrected chi connectivity index (χ3v) is 2.88. The molecule has 2 aromatic rings. The standard InChI is InChI=1S/C16H19N3/c1-2-13-9-6-10-15(11-13)19-16(17)18-12-14-7-4-3-5-8-14/h3-11H,2,12H2,1H3,(H3,17,18,19). The minimum atomic E-state index is 0.442. The largest absolute Gasteiger partial charge is 0.370 e. The first-order valence-electron chi connectivity index (χ1n) is 6.47. The number of nitrogens with one attached hydrogen (secondary N) is 1. The van der Waals surface area contributed by atoms with Crippen molar-refractivity contribution in [1.29, 1.82) is 0 Å². The molecule has 0 fully saturated rings. The molecule has 2 rings (SSSR count). The van der Waals surface area contributed by atoms with Crippen LogP contribution in [0.1, 0.15) is 18.1 Å². The van der Waals surface area contributed by atoms with E-state index < -0.39 is 0 Å². The quantitative estimate of drug-likeness (QED) is 0.649. The first-order valence-corrected chi connectivity index (χ1v) is 6.47. The van der Waals surface area contributed by atoms with E-state index in [1.54, 1.807) is 0 Å². The highest BCUT2D eigenvalue weighted by molar-refractivity contribution is 5.92. The summed E-state index contributed by atoms with van der Waals surface area (Å²) in [6.45, 7) is 2.72. The fraction of sp³-hybridized carbons (Fsp3) is 0.188. The fourth-order valence-corrected chi connectivity index (χ4v) is 1.82. The number of hydrogen-bond donors (Lipinski definition) is 2. The van der Waals surface area contributed by atoms with Gasteiger partial charge in [-0.15, -0.1) is 0 Å². The summed E-state index contributed by atoms with van der Waals surface area (Å²) < 4.78 is 0. The average Bonchev–Trinajstić information content (AvgIpc) is 2.46. The van der Waals surface area contributed by atoms with Crippen LogP contribution in [0.5, 0.6) is 0 Å². The Hall–Kier alpha value is -2.29. The number of benzene rings is 2. The lowest BCUT2D eigenvalue weighted by Crippen LogP contribution is -2.22. The van der Waals surface area contributed by atoms with Gasteiger partial charge in [0, 0.05) is 5.69 Å². The zero-order chi connectivity index (χ0) is 13.5. The van der Waals surface area contributed by atoms with Crippen molar-refractivity contribution >= 4 is 11.6 Å². The molecule has 0 radical (unpaired) electrons. The topological polar surface area (TPSA) is 50.4 Å². The van der Waals surface area contributed by atoms with Gasteiger partial charge in [-0.2, -0.15) is 0 Å². The van der Waals surface area contributed by atoms with Gasteiger partial charge < -0.3 is 11.1 Å². The first kappa shape index (κ1) is 13.1. The maximum atomic E-state index is 5.88. The maximum Gasteiger partial charge on any atom is 0.193 e. The minimum Gasteiger partial charge on any atom is -0.370 e. The van der Waals surface area contributed by atoms with E-state index >= 15 is 0 Å². The van der Waals surface area contributed by atoms with Crippen LogP contribution in [-0.4, -0.2) is 5.96 Å². The summed E-state index contributed by atoms with van der Waals surface area (Å²) in [7, 11) is 0. The highest BCUT2D eigenvalue weighted by atomic mass is 15.1. The Morgan fingerprint density at radius 2 is 1.79 bits per heavy atom. The summed E-state index contributed by atoms with van der Waals surface area (Å²) >= 11 is 0. The van der Waals surface area contributed by atoms with E-state index in [9.17, 15) is 0 Å². The van der Waals surface area contributed by atoms with E-state index in [4.69, 9.17) is 5.73 Å². The van der Waals surface area contributed by atoms with Gasteiger partial charge in [-0.25, -0.2) is 4.99 Å². The zero-order valence-corrected chi connectivity index (χ0v) is 11.1. The van der Waals surface area contributed by atoms with Crippen molar-refractivity contribution in [2.24, 2.45) is 10.7 Å². The third kappa shape index (κ3) is 4.14. The summed E-state index contributed by atoms with van der Waals surface area (Å²) in [5.74, 6) is 0.442. The molecule has 0 unspecified atom stereocenters. The van der Waals surface area contributed by atoms with Crippen LogP contribution in [0.4, 0.5) is 5.69 Å². The molecule has 3 heteroatoms. The van der Waals surface area contributed by atoms with Gasteiger partial charge in [-0.3, -0.25) is 0 Å². The van der Waals surface area contributed by atoms with Crippen LogP contribution in [0, 0.1) is 0 Å². The lowest BCUT2D eigenvalue weighted by atomic mass is 10.1. The normalized spacial score (nSPS) is 11.3. The number of nitrogens with zero attached hydrogens (tertiary/aromatic N) is 1. The monoisotopic (exact) mass is 253 g/mol. The molecule has 0 saturated carbocycles. The molecule has 0 aliphatic rings. The Labute approximate surface area is 114 Å². The van der Waals surface area contributed by atoms with Gasteiger partial charge in [0.1, 0.15) is 0 Å². The Kier molecular flexibility index (Phi) is 4.56. The molecule has 0 aliphatic carbocycles. The van der Waals surface area contributed by atoms with Gasteiger partial charge in [-0.1, -0.05) is 49.4 Å². The molecule has 19 heavy (non-hydrogen) atoms. The van der Waals surface area contributed by atoms with Gasteiger partial charge in [0.05, 0.1) is 6.54 Å². The number of aryl methyl sites for hydroxylation is 1. The van der Waals surface area contributed by atoms with Crippen LogP contribution in [-0.2, 0) is 13.0 Å². The lowest BCUT2D eigenvalue weighted by molar-refractivity contribution is 1.06. The van der Waals surface area contributed by atoms with E-state index in [0.29, 0.717) is 12.5 Å². The zero-order valence-electron chi connectivity index (χ0n) is 11.1. The van der Waals surface area contributed by atoms with E-state index in [0.717, 1.165) is 17.7 Å². The van der Waals surface area contributed by atoms with Gasteiger partial charge in [0.25, 0.3) is 0 Å². The summed E-state index contributed by atoms with van der Waals surface area (Å²) in [6, 6.07) is 18.3. The fourth-order valence-electron chi connectivity index (χ4n) is 1.82. The minimum absolute atomic E-state index is 0.442. The molecular weight excluding hydrogens is 234 g/mol. The second-order valence-electron chi connectivity index (χ2n) is 4.37. The second-order valence-corrected chi connectivity index (χ2v) is 4.37. The second kappa shape index (κ2) is 6.59. The highest BCUT2D eigenvalue weighted by Gasteiger charge is 1.96. The smallest absolute Gasteiger partial charge is 0.193 e. The van der Waals surface area contributed by atoms with E-state index in [1.165, 1.54) is 5.56 Å². The number of aliphatic imine (C=N–C) groups is 1. The Balaban J connectivity index is 1.98. The highest BCUT2D eigenvalue weighted by Crippen LogP contribution is 2.10. The number of rotatable bonds is 4. The molecule has 0 heterocycles. The van der Waals surface area contributed by atoms with E-state index in [1.807, 2.05) is 42.5 Å². The molecule has 2 aromatic carbocycles. The van der Waals surface area contributed by atoms with Crippen molar-refractivity contribution < 1.29 is 0 Å². The summed E-state index contributed by atoms with van der Waals surface area (Å²) in [5, 5.41) is 3.11. The predicted octanol–water partition coefficient (Wildman–Crippen LogP) is 3.18. The van der Waals surface area contributed by atoms with E-state index in [2.05, 4.69) is 29.4 Å². The summed E-state index contributed by atoms with van der Waals surface area (Å²) in [4.78, 5) is 4.33. The van der Waals surface area contributed by atoms with Crippen molar-refractivity contribution in [3.8, 4) is 0 Å². The molecule has 0 bridgehead atoms. The Morgan fingerprint density at radius 3 is 2.53 bits per heavy atom. The number of anilines is 1. The molecular formula is C16H19N3. The first-order chi connectivity index (χ1) is 9.28. The van der Waals surface area contributed by atoms with Gasteiger partial charge in [-0.05, 0) is 29.7 Å². The van der Waals surface area contributed by atoms with Crippen molar-refractivity contribution in [2.75, 3.05) is 5.32 Å². The van der Waals surface area contributed by atoms with Gasteiger partial charge in [0.2, 0.25) is 0 Å². The summed E-state index contributed by atoms with van der Waals surface area (Å²) in [5.41, 5.74) is 9.29. The van der Waals surface area contributed by atoms with Crippen molar-refractivity contribution in [3.05, 3.63) is 65.7 Å². The third-order valence-electron chi connectivity index (χ3n) is 2.88. The van der Waals surface area contributed by atoms with Crippen LogP contribution >= 0.6 is 0 Å². The van der Waals surface area contributed by atoms with Gasteiger partial charge in [0.15, 0.2) is 5.96 Å². The van der Waals surface area contributed by atoms with E-state index in [-0.39, 0.29) is 0 Å². The van der Waals surface area contributed by atoms with Crippen molar-refractivity contribution in [3.63, 3.8) is 0 Å². The molecule has 0 saturated heterocycles. The SMILES string of the molecule is CCc1cccc(NC(N)=NCc2ccccc2)c1. The number of nitrogens with two attached hydrogens (primary N) is 1. The van der Waals surface area contributed by atoms with Crippen LogP contribution in [0.2, 0.25) is 0 Å². The van der Waals surface area contributed by atoms with Crippen LogP contribution in [0.15, 0.2) is 59.6 Å². The van der Waals surface area contributed by atoms with Crippen molar-refractivity contribution in [1.82, 2.24) is 0 Å². The molecule has 0 atom stereocenters. The van der Waals surface area contributed by atoms with Crippen LogP contribution < -0.4 is 11.1 Å². The number of hydrogen-bond acceptors (Lipinski definition) is 1. The number of guanidine groups is 1. The van der Waals surface area contributed by atoms with Crippen LogP contribution in [0.3, 0.4) is 0 Å². The lowest BCUT2D eigenvalue weighted by Gasteiger charge is -2.07. The summed E-state index contributed by atoms with van der Waals surface area (Å²) in [6.07, 6.45) is 1.01.